The second-order valence-corrected chi connectivity index (χ2v) is 3.57. The van der Waals surface area contributed by atoms with E-state index in [0.29, 0.717) is 12.4 Å². The molecular weight excluding hydrogens is 196 g/mol. The molecule has 1 unspecified atom stereocenters. The maximum atomic E-state index is 11.5. The minimum absolute atomic E-state index is 0.0615. The monoisotopic (exact) mass is 210 g/mol. The molecule has 1 aromatic heterocycles. The van der Waals surface area contributed by atoms with Crippen molar-refractivity contribution in [2.75, 3.05) is 18.9 Å². The molecule has 2 rings (SSSR count). The highest BCUT2D eigenvalue weighted by atomic mass is 16.5. The third-order valence-electron chi connectivity index (χ3n) is 2.26. The van der Waals surface area contributed by atoms with Gasteiger partial charge < -0.3 is 15.8 Å². The first-order valence-electron chi connectivity index (χ1n) is 4.90. The largest absolute Gasteiger partial charge is 0.382 e. The first-order chi connectivity index (χ1) is 7.24. The Morgan fingerprint density at radius 2 is 2.67 bits per heavy atom. The zero-order chi connectivity index (χ0) is 10.7. The van der Waals surface area contributed by atoms with E-state index in [-0.39, 0.29) is 18.5 Å². The molecule has 0 radical (unpaired) electrons. The molecule has 0 saturated carbocycles. The standard InChI is InChI=1S/C9H14N4O2/c10-8-1-3-13(12-8)5-9(14)11-7-2-4-15-6-7/h1,3,7H,2,4-6H2,(H2,10,12)(H,11,14). The summed E-state index contributed by atoms with van der Waals surface area (Å²) in [7, 11) is 0. The smallest absolute Gasteiger partial charge is 0.242 e. The fraction of sp³-hybridized carbons (Fsp3) is 0.556. The number of nitrogens with zero attached hydrogens (tertiary/aromatic N) is 2. The van der Waals surface area contributed by atoms with E-state index >= 15 is 0 Å². The summed E-state index contributed by atoms with van der Waals surface area (Å²) in [5, 5.41) is 6.80. The molecule has 2 heterocycles. The number of nitrogen functional groups attached to an aromatic ring is 1. The predicted octanol–water partition coefficient (Wildman–Crippen LogP) is -0.630. The molecule has 15 heavy (non-hydrogen) atoms. The molecule has 0 spiro atoms. The second-order valence-electron chi connectivity index (χ2n) is 3.57. The van der Waals surface area contributed by atoms with Crippen molar-refractivity contribution in [1.29, 1.82) is 0 Å². The molecule has 0 bridgehead atoms. The summed E-state index contributed by atoms with van der Waals surface area (Å²) in [6.45, 7) is 1.53. The van der Waals surface area contributed by atoms with E-state index in [1.807, 2.05) is 0 Å². The van der Waals surface area contributed by atoms with Gasteiger partial charge in [0.05, 0.1) is 12.6 Å². The predicted molar refractivity (Wildman–Crippen MR) is 54.0 cm³/mol. The van der Waals surface area contributed by atoms with Gasteiger partial charge in [0.25, 0.3) is 0 Å². The van der Waals surface area contributed by atoms with Crippen LogP contribution in [0.1, 0.15) is 6.42 Å². The summed E-state index contributed by atoms with van der Waals surface area (Å²) in [5.74, 6) is 0.362. The molecule has 1 aliphatic rings. The van der Waals surface area contributed by atoms with Gasteiger partial charge in [0, 0.05) is 12.8 Å². The zero-order valence-corrected chi connectivity index (χ0v) is 8.35. The molecule has 1 aliphatic heterocycles. The van der Waals surface area contributed by atoms with Crippen molar-refractivity contribution in [2.45, 2.75) is 19.0 Å². The number of carbonyl (C=O) groups is 1. The maximum absolute atomic E-state index is 11.5. The van der Waals surface area contributed by atoms with Gasteiger partial charge in [-0.1, -0.05) is 0 Å². The summed E-state index contributed by atoms with van der Waals surface area (Å²) in [6.07, 6.45) is 2.56. The Labute approximate surface area is 87.4 Å². The molecule has 1 atom stereocenters. The van der Waals surface area contributed by atoms with E-state index < -0.39 is 0 Å². The lowest BCUT2D eigenvalue weighted by Gasteiger charge is -2.10. The topological polar surface area (TPSA) is 82.2 Å². The van der Waals surface area contributed by atoms with Gasteiger partial charge in [0.2, 0.25) is 5.91 Å². The highest BCUT2D eigenvalue weighted by Crippen LogP contribution is 2.03. The SMILES string of the molecule is Nc1ccn(CC(=O)NC2CCOC2)n1. The number of nitrogens with one attached hydrogen (secondary N) is 1. The normalized spacial score (nSPS) is 20.4. The number of rotatable bonds is 3. The lowest BCUT2D eigenvalue weighted by molar-refractivity contribution is -0.122. The van der Waals surface area contributed by atoms with Gasteiger partial charge in [-0.15, -0.1) is 0 Å². The molecule has 6 nitrogen and oxygen atoms in total. The Kier molecular flexibility index (Phi) is 2.86. The van der Waals surface area contributed by atoms with Crippen molar-refractivity contribution in [1.82, 2.24) is 15.1 Å². The summed E-state index contributed by atoms with van der Waals surface area (Å²) < 4.78 is 6.67. The van der Waals surface area contributed by atoms with Crippen LogP contribution in [-0.4, -0.2) is 34.9 Å². The van der Waals surface area contributed by atoms with E-state index in [1.54, 1.807) is 12.3 Å². The lowest BCUT2D eigenvalue weighted by atomic mass is 10.2. The van der Waals surface area contributed by atoms with Gasteiger partial charge in [0.15, 0.2) is 0 Å². The Bertz CT molecular complexity index is 344. The number of aromatic nitrogens is 2. The van der Waals surface area contributed by atoms with Crippen LogP contribution < -0.4 is 11.1 Å². The summed E-state index contributed by atoms with van der Waals surface area (Å²) in [4.78, 5) is 11.5. The van der Waals surface area contributed by atoms with Crippen molar-refractivity contribution < 1.29 is 9.53 Å². The van der Waals surface area contributed by atoms with Gasteiger partial charge >= 0.3 is 0 Å². The number of anilines is 1. The highest BCUT2D eigenvalue weighted by Gasteiger charge is 2.17. The molecule has 1 amide bonds. The molecule has 1 fully saturated rings. The third-order valence-corrected chi connectivity index (χ3v) is 2.26. The Morgan fingerprint density at radius 1 is 1.80 bits per heavy atom. The van der Waals surface area contributed by atoms with Crippen molar-refractivity contribution in [3.05, 3.63) is 12.3 Å². The Hall–Kier alpha value is -1.56. The fourth-order valence-corrected chi connectivity index (χ4v) is 1.53. The van der Waals surface area contributed by atoms with Crippen molar-refractivity contribution in [3.8, 4) is 0 Å². The quantitative estimate of drug-likeness (QED) is 0.696. The molecule has 6 heteroatoms. The number of carbonyl (C=O) groups excluding carboxylic acids is 1. The average molecular weight is 210 g/mol. The third kappa shape index (κ3) is 2.69. The van der Waals surface area contributed by atoms with Crippen LogP contribution in [0.25, 0.3) is 0 Å². The van der Waals surface area contributed by atoms with Gasteiger partial charge in [-0.05, 0) is 12.5 Å². The average Bonchev–Trinajstić information content (AvgIpc) is 2.77. The molecule has 3 N–H and O–H groups in total. The van der Waals surface area contributed by atoms with Gasteiger partial charge in [0.1, 0.15) is 12.4 Å². The van der Waals surface area contributed by atoms with Crippen LogP contribution in [0.15, 0.2) is 12.3 Å². The van der Waals surface area contributed by atoms with Crippen molar-refractivity contribution in [3.63, 3.8) is 0 Å². The first-order valence-corrected chi connectivity index (χ1v) is 4.90. The minimum atomic E-state index is -0.0615. The number of hydrogen-bond acceptors (Lipinski definition) is 4. The minimum Gasteiger partial charge on any atom is -0.382 e. The van der Waals surface area contributed by atoms with Crippen LogP contribution >= 0.6 is 0 Å². The van der Waals surface area contributed by atoms with E-state index in [1.165, 1.54) is 4.68 Å². The Balaban J connectivity index is 1.81. The molecule has 1 aromatic rings. The van der Waals surface area contributed by atoms with E-state index in [9.17, 15) is 4.79 Å². The van der Waals surface area contributed by atoms with Crippen LogP contribution in [0.5, 0.6) is 0 Å². The van der Waals surface area contributed by atoms with Gasteiger partial charge in [-0.3, -0.25) is 9.48 Å². The number of hydrogen-bond donors (Lipinski definition) is 2. The first kappa shape index (κ1) is 9.97. The van der Waals surface area contributed by atoms with E-state index in [4.69, 9.17) is 10.5 Å². The van der Waals surface area contributed by atoms with Crippen LogP contribution in [0.2, 0.25) is 0 Å². The zero-order valence-electron chi connectivity index (χ0n) is 8.35. The van der Waals surface area contributed by atoms with Crippen LogP contribution in [0.4, 0.5) is 5.82 Å². The molecule has 0 aromatic carbocycles. The fourth-order valence-electron chi connectivity index (χ4n) is 1.53. The second kappa shape index (κ2) is 4.31. The number of amides is 1. The summed E-state index contributed by atoms with van der Waals surface area (Å²) in [5.41, 5.74) is 5.43. The van der Waals surface area contributed by atoms with Crippen molar-refractivity contribution in [2.24, 2.45) is 0 Å². The van der Waals surface area contributed by atoms with E-state index in [0.717, 1.165) is 13.0 Å². The number of nitrogens with two attached hydrogens (primary N) is 1. The van der Waals surface area contributed by atoms with Gasteiger partial charge in [-0.25, -0.2) is 0 Å². The van der Waals surface area contributed by atoms with Gasteiger partial charge in [-0.2, -0.15) is 5.10 Å². The Morgan fingerprint density at radius 3 is 3.27 bits per heavy atom. The highest BCUT2D eigenvalue weighted by molar-refractivity contribution is 5.76. The molecule has 0 aliphatic carbocycles. The number of ether oxygens (including phenoxy) is 1. The lowest BCUT2D eigenvalue weighted by Crippen LogP contribution is -2.37. The van der Waals surface area contributed by atoms with Crippen LogP contribution in [0.3, 0.4) is 0 Å². The van der Waals surface area contributed by atoms with Crippen LogP contribution in [-0.2, 0) is 16.1 Å². The molecule has 82 valence electrons. The molecular formula is C9H14N4O2. The van der Waals surface area contributed by atoms with Crippen molar-refractivity contribution >= 4 is 11.7 Å². The maximum Gasteiger partial charge on any atom is 0.242 e. The van der Waals surface area contributed by atoms with E-state index in [2.05, 4.69) is 10.4 Å². The summed E-state index contributed by atoms with van der Waals surface area (Å²) in [6, 6.07) is 1.80. The van der Waals surface area contributed by atoms with Crippen LogP contribution in [0, 0.1) is 0 Å². The molecule has 1 saturated heterocycles. The summed E-state index contributed by atoms with van der Waals surface area (Å²) >= 11 is 0.